The second kappa shape index (κ2) is 7.51. The Morgan fingerprint density at radius 3 is 2.84 bits per heavy atom. The molecule has 0 saturated carbocycles. The molecule has 2 aromatic carbocycles. The lowest BCUT2D eigenvalue weighted by atomic mass is 10.1. The molecule has 1 saturated heterocycles. The van der Waals surface area contributed by atoms with Gasteiger partial charge in [0.25, 0.3) is 5.91 Å². The van der Waals surface area contributed by atoms with Crippen molar-refractivity contribution in [3.05, 3.63) is 59.7 Å². The first-order valence-corrected chi connectivity index (χ1v) is 8.19. The van der Waals surface area contributed by atoms with E-state index in [0.717, 1.165) is 43.1 Å². The Balaban J connectivity index is 1.57. The highest BCUT2D eigenvalue weighted by Gasteiger charge is 2.25. The fourth-order valence-electron chi connectivity index (χ4n) is 3.11. The van der Waals surface area contributed by atoms with Crippen LogP contribution in [0.3, 0.4) is 0 Å². The van der Waals surface area contributed by atoms with Crippen LogP contribution in [0, 0.1) is 17.6 Å². The average Bonchev–Trinajstić information content (AvgIpc) is 3.08. The molecule has 0 spiro atoms. The van der Waals surface area contributed by atoms with Gasteiger partial charge >= 0.3 is 0 Å². The summed E-state index contributed by atoms with van der Waals surface area (Å²) in [7, 11) is 1.64. The first-order chi connectivity index (χ1) is 12.1. The first kappa shape index (κ1) is 17.2. The standard InChI is InChI=1S/C19H20F2N2O2/c1-25-18-5-3-2-4-17(18)23-9-8-13(12-23)11-22-19(24)15-7-6-14(20)10-16(15)21/h2-7,10,13H,8-9,11-12H2,1H3,(H,22,24)/t13-/m1/s1. The lowest BCUT2D eigenvalue weighted by Gasteiger charge is -2.21. The van der Waals surface area contributed by atoms with E-state index in [1.165, 1.54) is 0 Å². The van der Waals surface area contributed by atoms with E-state index in [1.807, 2.05) is 24.3 Å². The van der Waals surface area contributed by atoms with Crippen molar-refractivity contribution in [1.29, 1.82) is 0 Å². The minimum atomic E-state index is -0.848. The van der Waals surface area contributed by atoms with Gasteiger partial charge in [0.2, 0.25) is 0 Å². The van der Waals surface area contributed by atoms with Crippen LogP contribution in [0.15, 0.2) is 42.5 Å². The van der Waals surface area contributed by atoms with E-state index in [9.17, 15) is 13.6 Å². The van der Waals surface area contributed by atoms with E-state index in [2.05, 4.69) is 10.2 Å². The summed E-state index contributed by atoms with van der Waals surface area (Å²) in [5, 5.41) is 2.74. The third kappa shape index (κ3) is 3.90. The summed E-state index contributed by atoms with van der Waals surface area (Å²) in [6.45, 7) is 2.10. The molecule has 1 amide bonds. The zero-order valence-electron chi connectivity index (χ0n) is 14.0. The molecule has 1 fully saturated rings. The van der Waals surface area contributed by atoms with E-state index in [1.54, 1.807) is 7.11 Å². The molecule has 132 valence electrons. The molecule has 0 radical (unpaired) electrons. The number of rotatable bonds is 5. The Hall–Kier alpha value is -2.63. The van der Waals surface area contributed by atoms with Crippen LogP contribution >= 0.6 is 0 Å². The molecule has 6 heteroatoms. The number of nitrogens with zero attached hydrogens (tertiary/aromatic N) is 1. The van der Waals surface area contributed by atoms with Gasteiger partial charge in [0.15, 0.2) is 0 Å². The van der Waals surface area contributed by atoms with Crippen LogP contribution in [0.5, 0.6) is 5.75 Å². The molecule has 1 aliphatic rings. The van der Waals surface area contributed by atoms with Crippen LogP contribution in [-0.4, -0.2) is 32.7 Å². The number of carbonyl (C=O) groups is 1. The van der Waals surface area contributed by atoms with Gasteiger partial charge in [0.1, 0.15) is 17.4 Å². The monoisotopic (exact) mass is 346 g/mol. The minimum Gasteiger partial charge on any atom is -0.495 e. The Morgan fingerprint density at radius 2 is 2.08 bits per heavy atom. The van der Waals surface area contributed by atoms with Gasteiger partial charge in [-0.15, -0.1) is 0 Å². The molecule has 1 aliphatic heterocycles. The maximum absolute atomic E-state index is 13.6. The normalized spacial score (nSPS) is 16.8. The highest BCUT2D eigenvalue weighted by molar-refractivity contribution is 5.94. The largest absolute Gasteiger partial charge is 0.495 e. The molecular formula is C19H20F2N2O2. The zero-order chi connectivity index (χ0) is 17.8. The molecule has 2 aromatic rings. The molecule has 1 atom stereocenters. The number of ether oxygens (including phenoxy) is 1. The minimum absolute atomic E-state index is 0.138. The maximum atomic E-state index is 13.6. The van der Waals surface area contributed by atoms with Gasteiger partial charge in [-0.05, 0) is 36.6 Å². The Morgan fingerprint density at radius 1 is 1.28 bits per heavy atom. The smallest absolute Gasteiger partial charge is 0.254 e. The van der Waals surface area contributed by atoms with Gasteiger partial charge in [-0.1, -0.05) is 12.1 Å². The predicted octanol–water partition coefficient (Wildman–Crippen LogP) is 3.23. The quantitative estimate of drug-likeness (QED) is 0.904. The lowest BCUT2D eigenvalue weighted by molar-refractivity contribution is 0.0944. The van der Waals surface area contributed by atoms with E-state index in [0.29, 0.717) is 12.6 Å². The van der Waals surface area contributed by atoms with Crippen molar-refractivity contribution in [2.24, 2.45) is 5.92 Å². The van der Waals surface area contributed by atoms with Crippen molar-refractivity contribution in [2.75, 3.05) is 31.6 Å². The number of methoxy groups -OCH3 is 1. The summed E-state index contributed by atoms with van der Waals surface area (Å²) in [6, 6.07) is 10.8. The maximum Gasteiger partial charge on any atom is 0.254 e. The number of para-hydroxylation sites is 2. The van der Waals surface area contributed by atoms with Crippen molar-refractivity contribution < 1.29 is 18.3 Å². The van der Waals surface area contributed by atoms with Crippen LogP contribution in [0.4, 0.5) is 14.5 Å². The summed E-state index contributed by atoms with van der Waals surface area (Å²) in [4.78, 5) is 14.3. The van der Waals surface area contributed by atoms with E-state index >= 15 is 0 Å². The van der Waals surface area contributed by atoms with Crippen LogP contribution in [0.2, 0.25) is 0 Å². The molecule has 25 heavy (non-hydrogen) atoms. The number of hydrogen-bond donors (Lipinski definition) is 1. The third-order valence-corrected chi connectivity index (χ3v) is 4.44. The van der Waals surface area contributed by atoms with Crippen LogP contribution in [-0.2, 0) is 0 Å². The summed E-state index contributed by atoms with van der Waals surface area (Å²) in [6.07, 6.45) is 0.921. The highest BCUT2D eigenvalue weighted by atomic mass is 19.1. The molecule has 4 nitrogen and oxygen atoms in total. The first-order valence-electron chi connectivity index (χ1n) is 8.19. The van der Waals surface area contributed by atoms with Gasteiger partial charge in [-0.25, -0.2) is 8.78 Å². The number of benzene rings is 2. The fourth-order valence-corrected chi connectivity index (χ4v) is 3.11. The van der Waals surface area contributed by atoms with Gasteiger partial charge in [0, 0.05) is 25.7 Å². The van der Waals surface area contributed by atoms with Crippen molar-refractivity contribution in [3.8, 4) is 5.75 Å². The Labute approximate surface area is 145 Å². The van der Waals surface area contributed by atoms with Gasteiger partial charge in [-0.2, -0.15) is 0 Å². The molecular weight excluding hydrogens is 326 g/mol. The van der Waals surface area contributed by atoms with Crippen molar-refractivity contribution in [1.82, 2.24) is 5.32 Å². The number of anilines is 1. The van der Waals surface area contributed by atoms with E-state index in [4.69, 9.17) is 4.74 Å². The van der Waals surface area contributed by atoms with E-state index < -0.39 is 17.5 Å². The number of halogens is 2. The lowest BCUT2D eigenvalue weighted by Crippen LogP contribution is -2.31. The SMILES string of the molecule is COc1ccccc1N1CC[C@H](CNC(=O)c2ccc(F)cc2F)C1. The van der Waals surface area contributed by atoms with E-state index in [-0.39, 0.29) is 11.5 Å². The summed E-state index contributed by atoms with van der Waals surface area (Å²) >= 11 is 0. The molecule has 0 aromatic heterocycles. The third-order valence-electron chi connectivity index (χ3n) is 4.44. The van der Waals surface area contributed by atoms with Crippen LogP contribution < -0.4 is 15.0 Å². The zero-order valence-corrected chi connectivity index (χ0v) is 14.0. The summed E-state index contributed by atoms with van der Waals surface area (Å²) in [5.41, 5.74) is 0.893. The molecule has 1 N–H and O–H groups in total. The van der Waals surface area contributed by atoms with Gasteiger partial charge in [-0.3, -0.25) is 4.79 Å². The summed E-state index contributed by atoms with van der Waals surface area (Å²) < 4.78 is 32.0. The Bertz CT molecular complexity index is 767. The molecule has 0 unspecified atom stereocenters. The molecule has 0 bridgehead atoms. The molecule has 1 heterocycles. The van der Waals surface area contributed by atoms with Crippen molar-refractivity contribution in [3.63, 3.8) is 0 Å². The number of amides is 1. The topological polar surface area (TPSA) is 41.6 Å². The molecule has 0 aliphatic carbocycles. The number of carbonyl (C=O) groups excluding carboxylic acids is 1. The number of hydrogen-bond acceptors (Lipinski definition) is 3. The van der Waals surface area contributed by atoms with Gasteiger partial charge in [0.05, 0.1) is 18.4 Å². The van der Waals surface area contributed by atoms with Crippen LogP contribution in [0.1, 0.15) is 16.8 Å². The highest BCUT2D eigenvalue weighted by Crippen LogP contribution is 2.31. The van der Waals surface area contributed by atoms with Gasteiger partial charge < -0.3 is 15.0 Å². The molecule has 3 rings (SSSR count). The van der Waals surface area contributed by atoms with Crippen molar-refractivity contribution in [2.45, 2.75) is 6.42 Å². The Kier molecular flexibility index (Phi) is 5.16. The fraction of sp³-hybridized carbons (Fsp3) is 0.316. The second-order valence-corrected chi connectivity index (χ2v) is 6.11. The average molecular weight is 346 g/mol. The van der Waals surface area contributed by atoms with Crippen LogP contribution in [0.25, 0.3) is 0 Å². The predicted molar refractivity (Wildman–Crippen MR) is 92.0 cm³/mol. The summed E-state index contributed by atoms with van der Waals surface area (Å²) in [5.74, 6) is -0.983. The van der Waals surface area contributed by atoms with Crippen molar-refractivity contribution >= 4 is 11.6 Å². The number of nitrogens with one attached hydrogen (secondary N) is 1. The second-order valence-electron chi connectivity index (χ2n) is 6.11.